The molecule has 2 rings (SSSR count). The van der Waals surface area contributed by atoms with Gasteiger partial charge in [-0.15, -0.1) is 12.4 Å². The predicted molar refractivity (Wildman–Crippen MR) is 65.2 cm³/mol. The molecule has 0 amide bonds. The van der Waals surface area contributed by atoms with Crippen LogP contribution in [0.2, 0.25) is 0 Å². The van der Waals surface area contributed by atoms with Gasteiger partial charge in [0.15, 0.2) is 0 Å². The molecule has 5 heteroatoms. The van der Waals surface area contributed by atoms with Crippen molar-refractivity contribution in [3.05, 3.63) is 29.8 Å². The van der Waals surface area contributed by atoms with Crippen molar-refractivity contribution in [1.82, 2.24) is 5.32 Å². The Balaban J connectivity index is 0.00000144. The van der Waals surface area contributed by atoms with Crippen molar-refractivity contribution in [2.75, 3.05) is 13.7 Å². The quantitative estimate of drug-likeness (QED) is 0.886. The summed E-state index contributed by atoms with van der Waals surface area (Å²) in [6, 6.07) is 6.92. The Hall–Kier alpha value is -0.870. The highest BCUT2D eigenvalue weighted by molar-refractivity contribution is 5.85. The number of hydrogen-bond acceptors (Lipinski definition) is 2. The van der Waals surface area contributed by atoms with Crippen LogP contribution in [0, 0.1) is 0 Å². The Morgan fingerprint density at radius 2 is 1.94 bits per heavy atom. The zero-order valence-corrected chi connectivity index (χ0v) is 10.6. The maximum atomic E-state index is 13.9. The molecule has 0 aliphatic carbocycles. The van der Waals surface area contributed by atoms with Crippen molar-refractivity contribution in [2.24, 2.45) is 0 Å². The third-order valence-electron chi connectivity index (χ3n) is 3.29. The van der Waals surface area contributed by atoms with Gasteiger partial charge in [0.2, 0.25) is 0 Å². The number of rotatable bonds is 2. The Morgan fingerprint density at radius 1 is 1.29 bits per heavy atom. The van der Waals surface area contributed by atoms with E-state index in [-0.39, 0.29) is 18.8 Å². The highest BCUT2D eigenvalue weighted by Gasteiger charge is 2.55. The fourth-order valence-electron chi connectivity index (χ4n) is 2.20. The largest absolute Gasteiger partial charge is 0.496 e. The smallest absolute Gasteiger partial charge is 0.271 e. The van der Waals surface area contributed by atoms with Crippen LogP contribution in [0.5, 0.6) is 5.75 Å². The van der Waals surface area contributed by atoms with Crippen LogP contribution in [0.15, 0.2) is 24.3 Å². The van der Waals surface area contributed by atoms with E-state index in [1.807, 2.05) is 0 Å². The SMILES string of the molecule is COc1ccccc1C1(C)NCCC1(F)F.Cl. The van der Waals surface area contributed by atoms with E-state index in [9.17, 15) is 8.78 Å². The van der Waals surface area contributed by atoms with Crippen LogP contribution < -0.4 is 10.1 Å². The van der Waals surface area contributed by atoms with Gasteiger partial charge in [0.1, 0.15) is 11.3 Å². The lowest BCUT2D eigenvalue weighted by atomic mass is 9.86. The van der Waals surface area contributed by atoms with Gasteiger partial charge in [0.25, 0.3) is 5.92 Å². The van der Waals surface area contributed by atoms with E-state index in [0.29, 0.717) is 17.9 Å². The summed E-state index contributed by atoms with van der Waals surface area (Å²) in [5.74, 6) is -2.25. The molecular weight excluding hydrogens is 248 g/mol. The molecule has 0 aromatic heterocycles. The summed E-state index contributed by atoms with van der Waals surface area (Å²) in [7, 11) is 1.50. The lowest BCUT2D eigenvalue weighted by Crippen LogP contribution is -2.46. The number of para-hydroxylation sites is 1. The lowest BCUT2D eigenvalue weighted by molar-refractivity contribution is -0.0566. The normalized spacial score (nSPS) is 26.4. The summed E-state index contributed by atoms with van der Waals surface area (Å²) in [4.78, 5) is 0. The van der Waals surface area contributed by atoms with Gasteiger partial charge >= 0.3 is 0 Å². The molecule has 0 spiro atoms. The van der Waals surface area contributed by atoms with Gasteiger partial charge in [0.05, 0.1) is 7.11 Å². The monoisotopic (exact) mass is 263 g/mol. The van der Waals surface area contributed by atoms with Gasteiger partial charge < -0.3 is 10.1 Å². The Labute approximate surface area is 106 Å². The topological polar surface area (TPSA) is 21.3 Å². The first kappa shape index (κ1) is 14.2. The van der Waals surface area contributed by atoms with E-state index in [2.05, 4.69) is 5.32 Å². The molecular formula is C12H16ClF2NO. The average Bonchev–Trinajstić information content (AvgIpc) is 2.54. The van der Waals surface area contributed by atoms with Gasteiger partial charge in [-0.25, -0.2) is 8.78 Å². The lowest BCUT2D eigenvalue weighted by Gasteiger charge is -2.32. The Morgan fingerprint density at radius 3 is 2.47 bits per heavy atom. The number of ether oxygens (including phenoxy) is 1. The third kappa shape index (κ3) is 2.11. The van der Waals surface area contributed by atoms with Crippen molar-refractivity contribution >= 4 is 12.4 Å². The van der Waals surface area contributed by atoms with Crippen molar-refractivity contribution in [3.8, 4) is 5.75 Å². The van der Waals surface area contributed by atoms with Crippen LogP contribution in [0.1, 0.15) is 18.9 Å². The van der Waals surface area contributed by atoms with Gasteiger partial charge in [-0.3, -0.25) is 0 Å². The van der Waals surface area contributed by atoms with Crippen molar-refractivity contribution in [2.45, 2.75) is 24.8 Å². The van der Waals surface area contributed by atoms with Crippen molar-refractivity contribution in [1.29, 1.82) is 0 Å². The first-order valence-corrected chi connectivity index (χ1v) is 5.27. The van der Waals surface area contributed by atoms with Crippen LogP contribution in [0.25, 0.3) is 0 Å². The number of halogens is 3. The second-order valence-electron chi connectivity index (χ2n) is 4.21. The van der Waals surface area contributed by atoms with E-state index in [1.165, 1.54) is 14.0 Å². The fraction of sp³-hybridized carbons (Fsp3) is 0.500. The molecule has 1 unspecified atom stereocenters. The number of benzene rings is 1. The van der Waals surface area contributed by atoms with Gasteiger partial charge in [-0.05, 0) is 13.0 Å². The summed E-state index contributed by atoms with van der Waals surface area (Å²) in [6.45, 7) is 1.85. The van der Waals surface area contributed by atoms with Gasteiger partial charge in [-0.1, -0.05) is 18.2 Å². The zero-order chi connectivity index (χ0) is 11.8. The molecule has 96 valence electrons. The van der Waals surface area contributed by atoms with Crippen LogP contribution >= 0.6 is 12.4 Å². The summed E-state index contributed by atoms with van der Waals surface area (Å²) in [6.07, 6.45) is -0.137. The molecule has 0 bridgehead atoms. The van der Waals surface area contributed by atoms with E-state index in [4.69, 9.17) is 4.74 Å². The molecule has 1 aromatic rings. The van der Waals surface area contributed by atoms with Crippen LogP contribution in [0.4, 0.5) is 8.78 Å². The van der Waals surface area contributed by atoms with Crippen LogP contribution in [0.3, 0.4) is 0 Å². The number of alkyl halides is 2. The molecule has 1 aliphatic rings. The number of hydrogen-bond donors (Lipinski definition) is 1. The molecule has 17 heavy (non-hydrogen) atoms. The minimum Gasteiger partial charge on any atom is -0.496 e. The average molecular weight is 264 g/mol. The first-order valence-electron chi connectivity index (χ1n) is 5.27. The molecule has 1 aliphatic heterocycles. The molecule has 1 fully saturated rings. The molecule has 0 radical (unpaired) electrons. The third-order valence-corrected chi connectivity index (χ3v) is 3.29. The maximum absolute atomic E-state index is 13.9. The molecule has 2 nitrogen and oxygen atoms in total. The van der Waals surface area contributed by atoms with Crippen molar-refractivity contribution in [3.63, 3.8) is 0 Å². The molecule has 1 N–H and O–H groups in total. The van der Waals surface area contributed by atoms with E-state index >= 15 is 0 Å². The molecule has 1 atom stereocenters. The maximum Gasteiger partial charge on any atom is 0.271 e. The highest BCUT2D eigenvalue weighted by atomic mass is 35.5. The second-order valence-corrected chi connectivity index (χ2v) is 4.21. The Bertz CT molecular complexity index is 400. The molecule has 1 aromatic carbocycles. The van der Waals surface area contributed by atoms with Crippen LogP contribution in [-0.2, 0) is 5.54 Å². The minimum atomic E-state index is -2.75. The van der Waals surface area contributed by atoms with E-state index in [0.717, 1.165) is 0 Å². The zero-order valence-electron chi connectivity index (χ0n) is 9.80. The Kier molecular flexibility index (Phi) is 3.99. The standard InChI is InChI=1S/C12H15F2NO.ClH/c1-11(12(13,14)7-8-15-11)9-5-3-4-6-10(9)16-2;/h3-6,15H,7-8H2,1-2H3;1H. The van der Waals surface area contributed by atoms with E-state index in [1.54, 1.807) is 24.3 Å². The molecule has 0 saturated carbocycles. The van der Waals surface area contributed by atoms with Crippen LogP contribution in [-0.4, -0.2) is 19.6 Å². The minimum absolute atomic E-state index is 0. The summed E-state index contributed by atoms with van der Waals surface area (Å²) in [5.41, 5.74) is -0.820. The second kappa shape index (κ2) is 4.78. The predicted octanol–water partition coefficient (Wildman–Crippen LogP) is 2.96. The van der Waals surface area contributed by atoms with Crippen molar-refractivity contribution < 1.29 is 13.5 Å². The van der Waals surface area contributed by atoms with Gasteiger partial charge in [-0.2, -0.15) is 0 Å². The van der Waals surface area contributed by atoms with E-state index < -0.39 is 11.5 Å². The fourth-order valence-corrected chi connectivity index (χ4v) is 2.20. The first-order chi connectivity index (χ1) is 7.51. The highest BCUT2D eigenvalue weighted by Crippen LogP contribution is 2.46. The number of methoxy groups -OCH3 is 1. The number of nitrogens with one attached hydrogen (secondary N) is 1. The van der Waals surface area contributed by atoms with Gasteiger partial charge in [0, 0.05) is 18.5 Å². The summed E-state index contributed by atoms with van der Waals surface area (Å²) < 4.78 is 32.9. The summed E-state index contributed by atoms with van der Waals surface area (Å²) in [5, 5.41) is 2.88. The summed E-state index contributed by atoms with van der Waals surface area (Å²) >= 11 is 0. The molecule has 1 saturated heterocycles. The molecule has 1 heterocycles.